The SMILES string of the molecule is N#C/C(=C/c1cccc2ccccc12)C(=O)NCC1CCCO1. The molecule has 23 heavy (non-hydrogen) atoms. The zero-order valence-electron chi connectivity index (χ0n) is 12.8. The summed E-state index contributed by atoms with van der Waals surface area (Å²) in [4.78, 5) is 12.2. The first kappa shape index (κ1) is 15.3. The largest absolute Gasteiger partial charge is 0.376 e. The van der Waals surface area contributed by atoms with Crippen LogP contribution in [0.5, 0.6) is 0 Å². The van der Waals surface area contributed by atoms with E-state index >= 15 is 0 Å². The van der Waals surface area contributed by atoms with Gasteiger partial charge in [0.2, 0.25) is 0 Å². The van der Waals surface area contributed by atoms with Gasteiger partial charge in [0.05, 0.1) is 6.10 Å². The van der Waals surface area contributed by atoms with Gasteiger partial charge < -0.3 is 10.1 Å². The zero-order valence-corrected chi connectivity index (χ0v) is 12.8. The maximum absolute atomic E-state index is 12.2. The summed E-state index contributed by atoms with van der Waals surface area (Å²) in [6, 6.07) is 15.8. The van der Waals surface area contributed by atoms with Gasteiger partial charge in [-0.1, -0.05) is 42.5 Å². The lowest BCUT2D eigenvalue weighted by molar-refractivity contribution is -0.117. The summed E-state index contributed by atoms with van der Waals surface area (Å²) < 4.78 is 5.48. The third-order valence-electron chi connectivity index (χ3n) is 4.00. The molecule has 0 aliphatic carbocycles. The van der Waals surface area contributed by atoms with E-state index in [-0.39, 0.29) is 17.6 Å². The maximum atomic E-state index is 12.2. The number of hydrogen-bond acceptors (Lipinski definition) is 3. The van der Waals surface area contributed by atoms with Crippen molar-refractivity contribution < 1.29 is 9.53 Å². The fourth-order valence-corrected chi connectivity index (χ4v) is 2.79. The van der Waals surface area contributed by atoms with Gasteiger partial charge >= 0.3 is 0 Å². The normalized spacial score (nSPS) is 17.9. The minimum Gasteiger partial charge on any atom is -0.376 e. The Balaban J connectivity index is 1.80. The van der Waals surface area contributed by atoms with Crippen LogP contribution in [-0.2, 0) is 9.53 Å². The molecular weight excluding hydrogens is 288 g/mol. The monoisotopic (exact) mass is 306 g/mol. The van der Waals surface area contributed by atoms with Crippen molar-refractivity contribution in [3.8, 4) is 6.07 Å². The molecule has 0 saturated carbocycles. The van der Waals surface area contributed by atoms with Crippen LogP contribution in [0.1, 0.15) is 18.4 Å². The Labute approximate surface area is 135 Å². The number of nitrogens with one attached hydrogen (secondary N) is 1. The van der Waals surface area contributed by atoms with E-state index in [9.17, 15) is 10.1 Å². The minimum atomic E-state index is -0.351. The van der Waals surface area contributed by atoms with Gasteiger partial charge in [0.1, 0.15) is 11.6 Å². The summed E-state index contributed by atoms with van der Waals surface area (Å²) >= 11 is 0. The van der Waals surface area contributed by atoms with Gasteiger partial charge in [0.15, 0.2) is 0 Å². The Kier molecular flexibility index (Phi) is 4.70. The van der Waals surface area contributed by atoms with Gasteiger partial charge in [0, 0.05) is 13.2 Å². The van der Waals surface area contributed by atoms with Crippen molar-refractivity contribution in [3.63, 3.8) is 0 Å². The predicted octanol–water partition coefficient (Wildman–Crippen LogP) is 3.04. The van der Waals surface area contributed by atoms with Gasteiger partial charge in [-0.2, -0.15) is 5.26 Å². The highest BCUT2D eigenvalue weighted by Crippen LogP contribution is 2.21. The van der Waals surface area contributed by atoms with Crippen LogP contribution in [-0.4, -0.2) is 25.2 Å². The summed E-state index contributed by atoms with van der Waals surface area (Å²) in [5, 5.41) is 14.2. The van der Waals surface area contributed by atoms with Crippen LogP contribution < -0.4 is 5.32 Å². The molecule has 116 valence electrons. The van der Waals surface area contributed by atoms with Crippen LogP contribution in [0, 0.1) is 11.3 Å². The number of amides is 1. The second-order valence-electron chi connectivity index (χ2n) is 5.58. The van der Waals surface area contributed by atoms with Crippen molar-refractivity contribution in [1.82, 2.24) is 5.32 Å². The first-order valence-electron chi connectivity index (χ1n) is 7.77. The van der Waals surface area contributed by atoms with Crippen LogP contribution in [0.25, 0.3) is 16.8 Å². The Bertz CT molecular complexity index is 778. The number of hydrogen-bond donors (Lipinski definition) is 1. The van der Waals surface area contributed by atoms with E-state index in [4.69, 9.17) is 4.74 Å². The van der Waals surface area contributed by atoms with Gasteiger partial charge in [-0.25, -0.2) is 0 Å². The number of carbonyl (C=O) groups is 1. The van der Waals surface area contributed by atoms with E-state index in [2.05, 4.69) is 5.32 Å². The fraction of sp³-hybridized carbons (Fsp3) is 0.263. The first-order chi connectivity index (χ1) is 11.3. The summed E-state index contributed by atoms with van der Waals surface area (Å²) in [5.74, 6) is -0.351. The number of nitriles is 1. The molecule has 1 heterocycles. The Hall–Kier alpha value is -2.64. The third-order valence-corrected chi connectivity index (χ3v) is 4.00. The molecule has 2 aromatic carbocycles. The highest BCUT2D eigenvalue weighted by molar-refractivity contribution is 6.04. The predicted molar refractivity (Wildman–Crippen MR) is 89.5 cm³/mol. The summed E-state index contributed by atoms with van der Waals surface area (Å²) in [6.07, 6.45) is 3.69. The molecule has 0 radical (unpaired) electrons. The minimum absolute atomic E-state index is 0.0662. The van der Waals surface area contributed by atoms with Crippen molar-refractivity contribution in [2.75, 3.05) is 13.2 Å². The van der Waals surface area contributed by atoms with Gasteiger partial charge in [-0.05, 0) is 35.3 Å². The topological polar surface area (TPSA) is 62.1 Å². The third kappa shape index (κ3) is 3.58. The average molecular weight is 306 g/mol. The lowest BCUT2D eigenvalue weighted by atomic mass is 10.0. The van der Waals surface area contributed by atoms with Crippen molar-refractivity contribution in [2.45, 2.75) is 18.9 Å². The molecule has 4 nitrogen and oxygen atoms in total. The molecule has 0 bridgehead atoms. The van der Waals surface area contributed by atoms with Gasteiger partial charge in [-0.3, -0.25) is 4.79 Å². The molecule has 2 aromatic rings. The molecule has 1 aliphatic heterocycles. The molecule has 3 rings (SSSR count). The number of rotatable bonds is 4. The summed E-state index contributed by atoms with van der Waals surface area (Å²) in [6.45, 7) is 1.20. The van der Waals surface area contributed by atoms with Crippen LogP contribution in [0.15, 0.2) is 48.0 Å². The fourth-order valence-electron chi connectivity index (χ4n) is 2.79. The molecule has 1 atom stereocenters. The van der Waals surface area contributed by atoms with E-state index in [0.29, 0.717) is 6.54 Å². The van der Waals surface area contributed by atoms with E-state index in [1.54, 1.807) is 6.08 Å². The van der Waals surface area contributed by atoms with E-state index in [1.165, 1.54) is 0 Å². The van der Waals surface area contributed by atoms with Gasteiger partial charge in [0.25, 0.3) is 5.91 Å². The van der Waals surface area contributed by atoms with E-state index in [0.717, 1.165) is 35.8 Å². The standard InChI is InChI=1S/C19H18N2O2/c20-12-16(19(22)21-13-17-8-4-10-23-17)11-15-7-3-6-14-5-1-2-9-18(14)15/h1-3,5-7,9,11,17H,4,8,10,13H2,(H,21,22)/b16-11-. The number of carbonyl (C=O) groups excluding carboxylic acids is 1. The van der Waals surface area contributed by atoms with Crippen molar-refractivity contribution in [3.05, 3.63) is 53.6 Å². The van der Waals surface area contributed by atoms with E-state index in [1.807, 2.05) is 48.5 Å². The first-order valence-corrected chi connectivity index (χ1v) is 7.77. The van der Waals surface area contributed by atoms with Crippen molar-refractivity contribution in [2.24, 2.45) is 0 Å². The second-order valence-corrected chi connectivity index (χ2v) is 5.58. The molecule has 1 amide bonds. The number of ether oxygens (including phenoxy) is 1. The quantitative estimate of drug-likeness (QED) is 0.697. The summed E-state index contributed by atoms with van der Waals surface area (Å²) in [7, 11) is 0. The highest BCUT2D eigenvalue weighted by atomic mass is 16.5. The molecular formula is C19H18N2O2. The van der Waals surface area contributed by atoms with Gasteiger partial charge in [-0.15, -0.1) is 0 Å². The van der Waals surface area contributed by atoms with E-state index < -0.39 is 0 Å². The molecule has 1 fully saturated rings. The zero-order chi connectivity index (χ0) is 16.1. The van der Waals surface area contributed by atoms with Crippen LogP contribution >= 0.6 is 0 Å². The number of benzene rings is 2. The van der Waals surface area contributed by atoms with Crippen LogP contribution in [0.2, 0.25) is 0 Å². The Morgan fingerprint density at radius 3 is 2.91 bits per heavy atom. The maximum Gasteiger partial charge on any atom is 0.262 e. The molecule has 0 aromatic heterocycles. The smallest absolute Gasteiger partial charge is 0.262 e. The Morgan fingerprint density at radius 1 is 1.30 bits per heavy atom. The Morgan fingerprint density at radius 2 is 2.13 bits per heavy atom. The summed E-state index contributed by atoms with van der Waals surface area (Å²) in [5.41, 5.74) is 0.978. The molecule has 1 N–H and O–H groups in total. The number of nitrogens with zero attached hydrogens (tertiary/aromatic N) is 1. The molecule has 1 saturated heterocycles. The average Bonchev–Trinajstić information content (AvgIpc) is 3.11. The second kappa shape index (κ2) is 7.08. The number of fused-ring (bicyclic) bond motifs is 1. The van der Waals surface area contributed by atoms with Crippen LogP contribution in [0.3, 0.4) is 0 Å². The molecule has 4 heteroatoms. The van der Waals surface area contributed by atoms with Crippen molar-refractivity contribution in [1.29, 1.82) is 5.26 Å². The van der Waals surface area contributed by atoms with Crippen molar-refractivity contribution >= 4 is 22.8 Å². The highest BCUT2D eigenvalue weighted by Gasteiger charge is 2.17. The molecule has 0 spiro atoms. The molecule has 1 unspecified atom stereocenters. The lowest BCUT2D eigenvalue weighted by Gasteiger charge is -2.10. The lowest BCUT2D eigenvalue weighted by Crippen LogP contribution is -2.32. The molecule has 1 aliphatic rings. The van der Waals surface area contributed by atoms with Crippen LogP contribution in [0.4, 0.5) is 0 Å².